The third-order valence-electron chi connectivity index (χ3n) is 6.92. The van der Waals surface area contributed by atoms with Gasteiger partial charge in [-0.1, -0.05) is 24.3 Å². The van der Waals surface area contributed by atoms with Crippen LogP contribution < -0.4 is 4.98 Å². The normalized spacial score (nSPS) is 20.3. The van der Waals surface area contributed by atoms with E-state index >= 15 is 0 Å². The predicted octanol–water partition coefficient (Wildman–Crippen LogP) is 6.40. The molecule has 1 aromatic carbocycles. The number of aromatic amines is 1. The van der Waals surface area contributed by atoms with Crippen LogP contribution >= 0.6 is 0 Å². The SMILES string of the molecule is CC(C)N=C1C=CC2=CN(C(C)C)[C@@H](c3ccc(F)cc3Cc3cccc[nH+]3)[C@H](c3ccccn3)C2=C1. The van der Waals surface area contributed by atoms with E-state index in [1.807, 2.05) is 48.8 Å². The molecule has 0 bridgehead atoms. The molecular weight excluding hydrogens is 459 g/mol. The number of H-pyrrole nitrogens is 1. The van der Waals surface area contributed by atoms with Gasteiger partial charge in [-0.15, -0.1) is 0 Å². The van der Waals surface area contributed by atoms with Gasteiger partial charge in [-0.05, 0) is 86.4 Å². The standard InChI is InChI=1S/C32H33FN4/c1-21(2)36-27-13-11-23-20-37(22(3)4)32(31(29(23)19-27)30-10-6-8-16-35-30)28-14-12-25(33)17-24(28)18-26-9-5-7-15-34-26/h5-17,19-22,31-32H,18H2,1-4H3/p+1/t31-,32-/m0/s1. The quantitative estimate of drug-likeness (QED) is 0.399. The number of aliphatic imine (C=N–C) groups is 1. The van der Waals surface area contributed by atoms with Crippen molar-refractivity contribution in [3.63, 3.8) is 0 Å². The van der Waals surface area contributed by atoms with Gasteiger partial charge in [-0.25, -0.2) is 9.37 Å². The van der Waals surface area contributed by atoms with E-state index < -0.39 is 0 Å². The zero-order valence-electron chi connectivity index (χ0n) is 21.9. The third-order valence-corrected chi connectivity index (χ3v) is 6.92. The third kappa shape index (κ3) is 5.31. The summed E-state index contributed by atoms with van der Waals surface area (Å²) in [5.41, 5.74) is 7.45. The molecule has 1 aliphatic carbocycles. The topological polar surface area (TPSA) is 42.6 Å². The van der Waals surface area contributed by atoms with E-state index in [-0.39, 0.29) is 29.9 Å². The van der Waals surface area contributed by atoms with Crippen LogP contribution in [0.2, 0.25) is 0 Å². The lowest BCUT2D eigenvalue weighted by Gasteiger charge is -2.45. The van der Waals surface area contributed by atoms with Crippen LogP contribution in [0.1, 0.15) is 62.2 Å². The number of hydrogen-bond donors (Lipinski definition) is 0. The second kappa shape index (κ2) is 10.6. The second-order valence-electron chi connectivity index (χ2n) is 10.3. The molecule has 5 heteroatoms. The summed E-state index contributed by atoms with van der Waals surface area (Å²) in [5.74, 6) is -0.270. The van der Waals surface area contributed by atoms with Crippen molar-refractivity contribution in [3.8, 4) is 0 Å². The smallest absolute Gasteiger partial charge is 0.184 e. The first-order chi connectivity index (χ1) is 17.9. The predicted molar refractivity (Wildman–Crippen MR) is 147 cm³/mol. The Bertz CT molecular complexity index is 1370. The lowest BCUT2D eigenvalue weighted by Crippen LogP contribution is -2.39. The van der Waals surface area contributed by atoms with Gasteiger partial charge in [0.2, 0.25) is 0 Å². The van der Waals surface area contributed by atoms with Crippen LogP contribution in [0.5, 0.6) is 0 Å². The van der Waals surface area contributed by atoms with E-state index in [2.05, 4.69) is 68.1 Å². The molecule has 0 saturated heterocycles. The monoisotopic (exact) mass is 493 g/mol. The highest BCUT2D eigenvalue weighted by molar-refractivity contribution is 6.07. The fourth-order valence-corrected chi connectivity index (χ4v) is 5.36. The van der Waals surface area contributed by atoms with Crippen LogP contribution in [0.15, 0.2) is 108 Å². The van der Waals surface area contributed by atoms with Gasteiger partial charge < -0.3 is 4.90 Å². The van der Waals surface area contributed by atoms with Gasteiger partial charge in [0.1, 0.15) is 5.82 Å². The van der Waals surface area contributed by atoms with Gasteiger partial charge in [-0.2, -0.15) is 0 Å². The van der Waals surface area contributed by atoms with Crippen molar-refractivity contribution in [2.45, 2.75) is 58.2 Å². The van der Waals surface area contributed by atoms with Crippen molar-refractivity contribution in [1.29, 1.82) is 0 Å². The maximum Gasteiger partial charge on any atom is 0.184 e. The van der Waals surface area contributed by atoms with Gasteiger partial charge in [-0.3, -0.25) is 9.98 Å². The number of nitrogens with zero attached hydrogens (tertiary/aromatic N) is 3. The maximum atomic E-state index is 14.6. The molecule has 2 aromatic heterocycles. The molecule has 0 spiro atoms. The molecule has 2 aliphatic rings. The molecule has 1 aliphatic heterocycles. The average molecular weight is 494 g/mol. The molecule has 0 amide bonds. The summed E-state index contributed by atoms with van der Waals surface area (Å²) in [6, 6.07) is 17.7. The molecule has 2 atom stereocenters. The fraction of sp³-hybridized carbons (Fsp3) is 0.281. The van der Waals surface area contributed by atoms with Crippen LogP contribution in [-0.4, -0.2) is 27.7 Å². The number of halogens is 1. The fourth-order valence-electron chi connectivity index (χ4n) is 5.36. The molecule has 0 radical (unpaired) electrons. The lowest BCUT2D eigenvalue weighted by molar-refractivity contribution is -0.389. The molecule has 0 saturated carbocycles. The van der Waals surface area contributed by atoms with E-state index in [9.17, 15) is 4.39 Å². The van der Waals surface area contributed by atoms with Crippen molar-refractivity contribution < 1.29 is 9.37 Å². The summed E-state index contributed by atoms with van der Waals surface area (Å²) in [7, 11) is 0. The Morgan fingerprint density at radius 3 is 2.57 bits per heavy atom. The lowest BCUT2D eigenvalue weighted by atomic mass is 9.74. The van der Waals surface area contributed by atoms with E-state index in [1.165, 1.54) is 11.1 Å². The van der Waals surface area contributed by atoms with Gasteiger partial charge >= 0.3 is 0 Å². The molecule has 0 fully saturated rings. The highest BCUT2D eigenvalue weighted by Crippen LogP contribution is 2.49. The molecule has 37 heavy (non-hydrogen) atoms. The number of fused-ring (bicyclic) bond motifs is 1. The Labute approximate surface area is 219 Å². The number of benzene rings is 1. The maximum absolute atomic E-state index is 14.6. The van der Waals surface area contributed by atoms with E-state index in [0.29, 0.717) is 6.42 Å². The zero-order valence-corrected chi connectivity index (χ0v) is 21.9. The summed E-state index contributed by atoms with van der Waals surface area (Å²) in [5, 5.41) is 0. The second-order valence-corrected chi connectivity index (χ2v) is 10.3. The van der Waals surface area contributed by atoms with Crippen molar-refractivity contribution in [2.24, 2.45) is 4.99 Å². The summed E-state index contributed by atoms with van der Waals surface area (Å²) in [6.45, 7) is 8.61. The molecule has 4 nitrogen and oxygen atoms in total. The average Bonchev–Trinajstić information content (AvgIpc) is 2.88. The largest absolute Gasteiger partial charge is 0.366 e. The minimum absolute atomic E-state index is 0.0464. The molecular formula is C32H34FN4+. The van der Waals surface area contributed by atoms with Crippen molar-refractivity contribution >= 4 is 5.71 Å². The summed E-state index contributed by atoms with van der Waals surface area (Å²) in [6.07, 6.45) is 13.1. The van der Waals surface area contributed by atoms with Crippen LogP contribution in [0.4, 0.5) is 4.39 Å². The number of aromatic nitrogens is 2. The number of pyridine rings is 2. The molecule has 3 aromatic rings. The van der Waals surface area contributed by atoms with Gasteiger partial charge in [0, 0.05) is 36.6 Å². The highest BCUT2D eigenvalue weighted by atomic mass is 19.1. The molecule has 188 valence electrons. The Morgan fingerprint density at radius 1 is 1.03 bits per heavy atom. The number of hydrogen-bond acceptors (Lipinski definition) is 3. The number of nitrogens with one attached hydrogen (secondary N) is 1. The van der Waals surface area contributed by atoms with Crippen LogP contribution in [0, 0.1) is 5.82 Å². The first-order valence-electron chi connectivity index (χ1n) is 13.0. The molecule has 1 N–H and O–H groups in total. The van der Waals surface area contributed by atoms with Crippen LogP contribution in [-0.2, 0) is 6.42 Å². The Morgan fingerprint density at radius 2 is 1.86 bits per heavy atom. The van der Waals surface area contributed by atoms with Gasteiger partial charge in [0.05, 0.1) is 29.8 Å². The first kappa shape index (κ1) is 24.8. The first-order valence-corrected chi connectivity index (χ1v) is 13.0. The Kier molecular flexibility index (Phi) is 7.13. The van der Waals surface area contributed by atoms with Crippen molar-refractivity contribution in [2.75, 3.05) is 0 Å². The van der Waals surface area contributed by atoms with E-state index in [0.717, 1.165) is 28.2 Å². The summed E-state index contributed by atoms with van der Waals surface area (Å²) < 4.78 is 14.6. The summed E-state index contributed by atoms with van der Waals surface area (Å²) in [4.78, 5) is 15.4. The Hall–Kier alpha value is -3.86. The van der Waals surface area contributed by atoms with Gasteiger partial charge in [0.25, 0.3) is 0 Å². The highest BCUT2D eigenvalue weighted by Gasteiger charge is 2.40. The number of rotatable bonds is 6. The summed E-state index contributed by atoms with van der Waals surface area (Å²) >= 11 is 0. The minimum Gasteiger partial charge on any atom is -0.366 e. The van der Waals surface area contributed by atoms with Crippen molar-refractivity contribution in [1.82, 2.24) is 9.88 Å². The van der Waals surface area contributed by atoms with Crippen molar-refractivity contribution in [3.05, 3.63) is 131 Å². The molecule has 0 unspecified atom stereocenters. The van der Waals surface area contributed by atoms with Crippen LogP contribution in [0.25, 0.3) is 0 Å². The molecule has 5 rings (SSSR count). The zero-order chi connectivity index (χ0) is 25.9. The van der Waals surface area contributed by atoms with E-state index in [1.54, 1.807) is 12.1 Å². The number of allylic oxidation sites excluding steroid dienone is 4. The Balaban J connectivity index is 1.72. The minimum atomic E-state index is -0.224. The van der Waals surface area contributed by atoms with Crippen LogP contribution in [0.3, 0.4) is 0 Å². The van der Waals surface area contributed by atoms with Gasteiger partial charge in [0.15, 0.2) is 11.9 Å². The molecule has 3 heterocycles. The van der Waals surface area contributed by atoms with E-state index in [4.69, 9.17) is 9.98 Å².